The highest BCUT2D eigenvalue weighted by molar-refractivity contribution is 7.98. The summed E-state index contributed by atoms with van der Waals surface area (Å²) in [4.78, 5) is 28.4. The molecule has 1 amide bonds. The van der Waals surface area contributed by atoms with Crippen molar-refractivity contribution in [3.8, 4) is 11.1 Å². The minimum atomic E-state index is -0.672. The predicted molar refractivity (Wildman–Crippen MR) is 159 cm³/mol. The summed E-state index contributed by atoms with van der Waals surface area (Å²) >= 11 is 1.64. The van der Waals surface area contributed by atoms with Gasteiger partial charge in [0.15, 0.2) is 0 Å². The molecular weight excluding hydrogens is 508 g/mol. The SMILES string of the molecule is COC(=O)[C@H](CCSC)NC(=O)c1ccc(CN2CCC[C@@H]2COC2CCCCC2)cc1-c1ccccc1C. The van der Waals surface area contributed by atoms with E-state index in [-0.39, 0.29) is 5.91 Å². The third-order valence-electron chi connectivity index (χ3n) is 8.13. The first-order chi connectivity index (χ1) is 19.0. The molecule has 2 aliphatic rings. The summed E-state index contributed by atoms with van der Waals surface area (Å²) < 4.78 is 11.3. The first-order valence-electron chi connectivity index (χ1n) is 14.4. The molecule has 1 aliphatic heterocycles. The number of carbonyl (C=O) groups excluding carboxylic acids is 2. The van der Waals surface area contributed by atoms with Crippen molar-refractivity contribution in [3.05, 3.63) is 59.2 Å². The van der Waals surface area contributed by atoms with E-state index in [0.29, 0.717) is 24.1 Å². The highest BCUT2D eigenvalue weighted by Gasteiger charge is 2.28. The summed E-state index contributed by atoms with van der Waals surface area (Å²) in [5, 5.41) is 2.94. The van der Waals surface area contributed by atoms with Crippen LogP contribution in [0.5, 0.6) is 0 Å². The number of likely N-dealkylation sites (tertiary alicyclic amines) is 1. The van der Waals surface area contributed by atoms with E-state index >= 15 is 0 Å². The van der Waals surface area contributed by atoms with Gasteiger partial charge < -0.3 is 14.8 Å². The van der Waals surface area contributed by atoms with Crippen LogP contribution < -0.4 is 5.32 Å². The predicted octanol–water partition coefficient (Wildman–Crippen LogP) is 6.00. The average molecular weight is 553 g/mol. The van der Waals surface area contributed by atoms with Gasteiger partial charge in [0.2, 0.25) is 0 Å². The fourth-order valence-electron chi connectivity index (χ4n) is 5.85. The lowest BCUT2D eigenvalue weighted by atomic mass is 9.93. The molecule has 7 heteroatoms. The molecule has 39 heavy (non-hydrogen) atoms. The molecule has 0 radical (unpaired) electrons. The van der Waals surface area contributed by atoms with Gasteiger partial charge >= 0.3 is 5.97 Å². The molecule has 6 nitrogen and oxygen atoms in total. The van der Waals surface area contributed by atoms with Crippen LogP contribution in [0.3, 0.4) is 0 Å². The third-order valence-corrected chi connectivity index (χ3v) is 8.77. The minimum Gasteiger partial charge on any atom is -0.467 e. The van der Waals surface area contributed by atoms with E-state index in [9.17, 15) is 9.59 Å². The van der Waals surface area contributed by atoms with Crippen LogP contribution in [0.4, 0.5) is 0 Å². The Kier molecular flexibility index (Phi) is 11.3. The van der Waals surface area contributed by atoms with Crippen molar-refractivity contribution in [1.29, 1.82) is 0 Å². The van der Waals surface area contributed by atoms with E-state index in [0.717, 1.165) is 42.1 Å². The number of amides is 1. The van der Waals surface area contributed by atoms with Crippen LogP contribution in [0, 0.1) is 6.92 Å². The number of esters is 1. The Morgan fingerprint density at radius 1 is 1.05 bits per heavy atom. The second kappa shape index (κ2) is 14.9. The van der Waals surface area contributed by atoms with Crippen molar-refractivity contribution >= 4 is 23.6 Å². The number of aryl methyl sites for hydroxylation is 1. The highest BCUT2D eigenvalue weighted by atomic mass is 32.2. The van der Waals surface area contributed by atoms with Crippen LogP contribution in [0.1, 0.15) is 72.9 Å². The van der Waals surface area contributed by atoms with Gasteiger partial charge in [-0.3, -0.25) is 9.69 Å². The van der Waals surface area contributed by atoms with Crippen LogP contribution in [-0.4, -0.2) is 67.2 Å². The molecule has 1 aliphatic carbocycles. The number of benzene rings is 2. The smallest absolute Gasteiger partial charge is 0.328 e. The largest absolute Gasteiger partial charge is 0.467 e. The molecule has 1 N–H and O–H groups in total. The summed E-state index contributed by atoms with van der Waals surface area (Å²) in [6, 6.07) is 14.0. The van der Waals surface area contributed by atoms with E-state index in [1.54, 1.807) is 11.8 Å². The Bertz CT molecular complexity index is 1100. The maximum Gasteiger partial charge on any atom is 0.328 e. The van der Waals surface area contributed by atoms with Crippen LogP contribution in [-0.2, 0) is 20.8 Å². The Hall–Kier alpha value is -2.35. The van der Waals surface area contributed by atoms with Crippen LogP contribution in [0.2, 0.25) is 0 Å². The summed E-state index contributed by atoms with van der Waals surface area (Å²) in [7, 11) is 1.36. The van der Waals surface area contributed by atoms with Gasteiger partial charge in [-0.25, -0.2) is 4.79 Å². The number of carbonyl (C=O) groups is 2. The summed E-state index contributed by atoms with van der Waals surface area (Å²) in [6.07, 6.45) is 11.6. The molecule has 1 saturated carbocycles. The van der Waals surface area contributed by atoms with Crippen molar-refractivity contribution < 1.29 is 19.1 Å². The second-order valence-electron chi connectivity index (χ2n) is 10.9. The van der Waals surface area contributed by atoms with E-state index in [1.165, 1.54) is 57.6 Å². The van der Waals surface area contributed by atoms with E-state index < -0.39 is 12.0 Å². The fraction of sp³-hybridized carbons (Fsp3) is 0.562. The summed E-state index contributed by atoms with van der Waals surface area (Å²) in [6.45, 7) is 4.77. The molecule has 212 valence electrons. The standard InChI is InChI=1S/C32H44N2O4S/c1-23-10-7-8-14-27(23)29-20-24(15-16-28(29)31(35)33-30(17-19-39-3)32(36)37-2)21-34-18-9-11-25(34)22-38-26-12-5-4-6-13-26/h7-8,10,14-16,20,25-26,30H,4-6,9,11-13,17-19,21-22H2,1-3H3,(H,33,35)/t25-,30+/m1/s1. The average Bonchev–Trinajstić information content (AvgIpc) is 3.41. The molecule has 0 aromatic heterocycles. The molecule has 2 aromatic rings. The maximum atomic E-state index is 13.5. The number of rotatable bonds is 12. The van der Waals surface area contributed by atoms with Gasteiger partial charge in [-0.1, -0.05) is 49.6 Å². The zero-order valence-electron chi connectivity index (χ0n) is 23.7. The second-order valence-corrected chi connectivity index (χ2v) is 11.9. The van der Waals surface area contributed by atoms with Crippen molar-refractivity contribution in [2.45, 2.75) is 83.0 Å². The first kappa shape index (κ1) is 29.6. The van der Waals surface area contributed by atoms with Gasteiger partial charge in [-0.15, -0.1) is 0 Å². The maximum absolute atomic E-state index is 13.5. The van der Waals surface area contributed by atoms with Gasteiger partial charge in [0.25, 0.3) is 5.91 Å². The zero-order valence-corrected chi connectivity index (χ0v) is 24.6. The summed E-state index contributed by atoms with van der Waals surface area (Å²) in [5.74, 6) is 0.0867. The van der Waals surface area contributed by atoms with Gasteiger partial charge in [0.1, 0.15) is 6.04 Å². The number of hydrogen-bond donors (Lipinski definition) is 1. The quantitative estimate of drug-likeness (QED) is 0.326. The number of nitrogens with one attached hydrogen (secondary N) is 1. The molecular formula is C32H44N2O4S. The topological polar surface area (TPSA) is 67.9 Å². The van der Waals surface area contributed by atoms with Gasteiger partial charge in [0, 0.05) is 18.2 Å². The molecule has 0 spiro atoms. The van der Waals surface area contributed by atoms with Gasteiger partial charge in [0.05, 0.1) is 19.8 Å². The number of hydrogen-bond acceptors (Lipinski definition) is 6. The van der Waals surface area contributed by atoms with Gasteiger partial charge in [-0.2, -0.15) is 11.8 Å². The molecule has 4 rings (SSSR count). The molecule has 1 saturated heterocycles. The third kappa shape index (κ3) is 8.09. The molecule has 2 fully saturated rings. The highest BCUT2D eigenvalue weighted by Crippen LogP contribution is 2.30. The van der Waals surface area contributed by atoms with Crippen molar-refractivity contribution in [2.24, 2.45) is 0 Å². The number of nitrogens with zero attached hydrogens (tertiary/aromatic N) is 1. The molecule has 2 aromatic carbocycles. The number of methoxy groups -OCH3 is 1. The Morgan fingerprint density at radius 2 is 1.85 bits per heavy atom. The molecule has 0 unspecified atom stereocenters. The molecule has 2 atom stereocenters. The normalized spacial score (nSPS) is 19.1. The van der Waals surface area contributed by atoms with Crippen molar-refractivity contribution in [3.63, 3.8) is 0 Å². The number of thioether (sulfide) groups is 1. The monoisotopic (exact) mass is 552 g/mol. The summed E-state index contributed by atoms with van der Waals surface area (Å²) in [5.41, 5.74) is 4.79. The lowest BCUT2D eigenvalue weighted by Crippen LogP contribution is -2.42. The lowest BCUT2D eigenvalue weighted by Gasteiger charge is -2.28. The zero-order chi connectivity index (χ0) is 27.6. The fourth-order valence-corrected chi connectivity index (χ4v) is 6.33. The van der Waals surface area contributed by atoms with Crippen LogP contribution >= 0.6 is 11.8 Å². The van der Waals surface area contributed by atoms with Crippen molar-refractivity contribution in [1.82, 2.24) is 10.2 Å². The minimum absolute atomic E-state index is 0.253. The van der Waals surface area contributed by atoms with E-state index in [4.69, 9.17) is 9.47 Å². The van der Waals surface area contributed by atoms with Crippen LogP contribution in [0.15, 0.2) is 42.5 Å². The Morgan fingerprint density at radius 3 is 2.59 bits per heavy atom. The van der Waals surface area contributed by atoms with E-state index in [1.807, 2.05) is 24.5 Å². The van der Waals surface area contributed by atoms with Gasteiger partial charge in [-0.05, 0) is 92.0 Å². The number of ether oxygens (including phenoxy) is 2. The Balaban J connectivity index is 1.53. The first-order valence-corrected chi connectivity index (χ1v) is 15.8. The van der Waals surface area contributed by atoms with Crippen LogP contribution in [0.25, 0.3) is 11.1 Å². The van der Waals surface area contributed by atoms with Crippen molar-refractivity contribution in [2.75, 3.05) is 32.3 Å². The lowest BCUT2D eigenvalue weighted by molar-refractivity contribution is -0.142. The molecule has 0 bridgehead atoms. The Labute approximate surface area is 238 Å². The van der Waals surface area contributed by atoms with E-state index in [2.05, 4.69) is 41.4 Å². The molecule has 1 heterocycles.